The molecule has 0 radical (unpaired) electrons. The fourth-order valence-corrected chi connectivity index (χ4v) is 15.2. The maximum absolute atomic E-state index is 13.7. The summed E-state index contributed by atoms with van der Waals surface area (Å²) in [6.07, 6.45) is 12.0. The molecule has 4 aliphatic carbocycles. The van der Waals surface area contributed by atoms with Crippen LogP contribution in [0.5, 0.6) is 0 Å². The Balaban J connectivity index is 1.19. The van der Waals surface area contributed by atoms with Crippen molar-refractivity contribution in [1.29, 1.82) is 0 Å². The fourth-order valence-electron chi connectivity index (χ4n) is 12.6. The Morgan fingerprint density at radius 1 is 0.943 bits per heavy atom. The highest BCUT2D eigenvalue weighted by atomic mass is 28.4. The molecule has 2 amide bonds. The van der Waals surface area contributed by atoms with Crippen molar-refractivity contribution in [1.82, 2.24) is 4.90 Å². The number of amides is 2. The van der Waals surface area contributed by atoms with Gasteiger partial charge in [0.2, 0.25) is 5.91 Å². The van der Waals surface area contributed by atoms with E-state index >= 15 is 0 Å². The first-order chi connectivity index (χ1) is 24.7. The van der Waals surface area contributed by atoms with E-state index < -0.39 is 22.7 Å². The molecule has 1 heterocycles. The molecule has 8 heteroatoms. The van der Waals surface area contributed by atoms with Gasteiger partial charge >= 0.3 is 6.09 Å². The van der Waals surface area contributed by atoms with Gasteiger partial charge < -0.3 is 13.6 Å². The standard InChI is InChI=1S/C45H75NO5Si2/c1-13-34-38-28-33(50-53(11,12)43(3,4)5)23-25-45(38,7)37-24-26-44(6)35(20-21-36(44)40(37)41(34)51-52(8,9)10)30(2)19-22-39(47)46-32(29-49-42(46)48)27-31-17-15-14-16-18-31/h14-18,30,32-38,40-41H,13,19-29H2,1-12H3/t30-,32-,33?,34-,35-,36+,37+,38+,40+,41?,44-,45-/m1/s1. The molecule has 6 nitrogen and oxygen atoms in total. The van der Waals surface area contributed by atoms with Gasteiger partial charge in [0, 0.05) is 12.5 Å². The minimum absolute atomic E-state index is 0.0718. The molecule has 0 N–H and O–H groups in total. The minimum atomic E-state index is -1.86. The van der Waals surface area contributed by atoms with E-state index in [4.69, 9.17) is 13.6 Å². The third-order valence-corrected chi connectivity index (χ3v) is 21.7. The van der Waals surface area contributed by atoms with Crippen molar-refractivity contribution in [2.75, 3.05) is 6.61 Å². The zero-order valence-electron chi connectivity index (χ0n) is 35.6. The molecular weight excluding hydrogens is 691 g/mol. The molecule has 0 bridgehead atoms. The Hall–Kier alpha value is -1.49. The number of cyclic esters (lactones) is 1. The molecular formula is C45H75NO5Si2. The van der Waals surface area contributed by atoms with Crippen LogP contribution in [0.15, 0.2) is 30.3 Å². The van der Waals surface area contributed by atoms with Gasteiger partial charge in [-0.05, 0) is 153 Å². The van der Waals surface area contributed by atoms with Crippen molar-refractivity contribution < 1.29 is 23.2 Å². The molecule has 5 fully saturated rings. The lowest BCUT2D eigenvalue weighted by Crippen LogP contribution is -2.64. The fraction of sp³-hybridized carbons (Fsp3) is 0.822. The van der Waals surface area contributed by atoms with E-state index in [9.17, 15) is 9.59 Å². The number of nitrogens with zero attached hydrogens (tertiary/aromatic N) is 1. The topological polar surface area (TPSA) is 65.1 Å². The van der Waals surface area contributed by atoms with Crippen LogP contribution in [0.25, 0.3) is 0 Å². The number of carbonyl (C=O) groups excluding carboxylic acids is 2. The average molecular weight is 766 g/mol. The normalized spacial score (nSPS) is 38.2. The van der Waals surface area contributed by atoms with E-state index in [1.54, 1.807) is 0 Å². The first kappa shape index (κ1) is 41.2. The SMILES string of the molecule is CC[C@H]1C(O[Si](C)(C)C)[C@@H]2[C@H](CC[C@]3(C)[C@@H]([C@H](C)CCC(=O)N4C(=O)OC[C@H]4Cc4ccccc4)CC[C@@H]23)[C@@]2(C)CCC(O[Si](C)(C)C(C)(C)C)C[C@@H]12. The van der Waals surface area contributed by atoms with Crippen molar-refractivity contribution in [2.24, 2.45) is 52.3 Å². The summed E-state index contributed by atoms with van der Waals surface area (Å²) in [4.78, 5) is 27.9. The molecule has 1 saturated heterocycles. The van der Waals surface area contributed by atoms with Crippen LogP contribution in [0.2, 0.25) is 37.8 Å². The smallest absolute Gasteiger partial charge is 0.416 e. The van der Waals surface area contributed by atoms with E-state index in [2.05, 4.69) is 93.3 Å². The summed E-state index contributed by atoms with van der Waals surface area (Å²) in [6, 6.07) is 9.90. The number of carbonyl (C=O) groups is 2. The third-order valence-electron chi connectivity index (χ3n) is 16.2. The van der Waals surface area contributed by atoms with Crippen LogP contribution in [0.3, 0.4) is 0 Å². The Morgan fingerprint density at radius 2 is 1.60 bits per heavy atom. The second kappa shape index (κ2) is 15.1. The van der Waals surface area contributed by atoms with Crippen molar-refractivity contribution in [3.63, 3.8) is 0 Å². The Labute approximate surface area is 325 Å². The molecule has 5 aliphatic rings. The zero-order valence-corrected chi connectivity index (χ0v) is 37.6. The summed E-state index contributed by atoms with van der Waals surface area (Å²) in [5.74, 6) is 4.10. The summed E-state index contributed by atoms with van der Waals surface area (Å²) in [5, 5.41) is 0.223. The van der Waals surface area contributed by atoms with Crippen LogP contribution in [-0.4, -0.2) is 58.4 Å². The van der Waals surface area contributed by atoms with E-state index in [-0.39, 0.29) is 29.0 Å². The van der Waals surface area contributed by atoms with Crippen LogP contribution in [0, 0.1) is 52.3 Å². The van der Waals surface area contributed by atoms with E-state index in [1.807, 2.05) is 18.2 Å². The van der Waals surface area contributed by atoms with E-state index in [0.29, 0.717) is 71.9 Å². The molecule has 1 aromatic rings. The van der Waals surface area contributed by atoms with Gasteiger partial charge in [0.15, 0.2) is 16.6 Å². The van der Waals surface area contributed by atoms with E-state index in [0.717, 1.165) is 12.0 Å². The summed E-state index contributed by atoms with van der Waals surface area (Å²) < 4.78 is 20.1. The number of benzene rings is 1. The van der Waals surface area contributed by atoms with Crippen LogP contribution < -0.4 is 0 Å². The van der Waals surface area contributed by atoms with Crippen molar-refractivity contribution >= 4 is 28.6 Å². The average Bonchev–Trinajstić information content (AvgIpc) is 3.62. The first-order valence-corrected chi connectivity index (χ1v) is 27.9. The van der Waals surface area contributed by atoms with Crippen LogP contribution in [-0.2, 0) is 24.8 Å². The number of hydrogen-bond donors (Lipinski definition) is 0. The lowest BCUT2D eigenvalue weighted by atomic mass is 9.41. The molecule has 0 spiro atoms. The number of imide groups is 1. The van der Waals surface area contributed by atoms with Crippen LogP contribution in [0.4, 0.5) is 4.79 Å². The van der Waals surface area contributed by atoms with Gasteiger partial charge in [0.05, 0.1) is 12.1 Å². The number of fused-ring (bicyclic) bond motifs is 5. The van der Waals surface area contributed by atoms with Crippen LogP contribution >= 0.6 is 0 Å². The lowest BCUT2D eigenvalue weighted by molar-refractivity contribution is -0.197. The molecule has 0 aromatic heterocycles. The highest BCUT2D eigenvalue weighted by molar-refractivity contribution is 6.74. The molecule has 2 unspecified atom stereocenters. The summed E-state index contributed by atoms with van der Waals surface area (Å²) in [7, 11) is -3.68. The van der Waals surface area contributed by atoms with Gasteiger partial charge in [-0.1, -0.05) is 85.2 Å². The zero-order chi connectivity index (χ0) is 38.7. The Morgan fingerprint density at radius 3 is 2.25 bits per heavy atom. The minimum Gasteiger partial charge on any atom is -0.447 e. The maximum Gasteiger partial charge on any atom is 0.416 e. The van der Waals surface area contributed by atoms with Crippen molar-refractivity contribution in [3.8, 4) is 0 Å². The Kier molecular flexibility index (Phi) is 11.7. The van der Waals surface area contributed by atoms with Crippen molar-refractivity contribution in [2.45, 2.75) is 175 Å². The highest BCUT2D eigenvalue weighted by Gasteiger charge is 2.66. The molecule has 6 rings (SSSR count). The maximum atomic E-state index is 13.7. The molecule has 298 valence electrons. The number of hydrogen-bond acceptors (Lipinski definition) is 5. The van der Waals surface area contributed by atoms with Gasteiger partial charge in [0.25, 0.3) is 0 Å². The number of rotatable bonds is 11. The summed E-state index contributed by atoms with van der Waals surface area (Å²) in [5.41, 5.74) is 1.70. The van der Waals surface area contributed by atoms with Crippen LogP contribution in [0.1, 0.15) is 118 Å². The van der Waals surface area contributed by atoms with Crippen molar-refractivity contribution in [3.05, 3.63) is 35.9 Å². The molecule has 1 aromatic carbocycles. The summed E-state index contributed by atoms with van der Waals surface area (Å²) >= 11 is 0. The lowest BCUT2D eigenvalue weighted by Gasteiger charge is -2.66. The van der Waals surface area contributed by atoms with E-state index in [1.165, 1.54) is 56.3 Å². The van der Waals surface area contributed by atoms with Gasteiger partial charge in [-0.15, -0.1) is 0 Å². The monoisotopic (exact) mass is 766 g/mol. The predicted octanol–water partition coefficient (Wildman–Crippen LogP) is 11.5. The number of ether oxygens (including phenoxy) is 1. The first-order valence-electron chi connectivity index (χ1n) is 21.6. The van der Waals surface area contributed by atoms with Gasteiger partial charge in [0.1, 0.15) is 6.61 Å². The molecule has 1 aliphatic heterocycles. The molecule has 4 saturated carbocycles. The second-order valence-electron chi connectivity index (χ2n) is 21.4. The highest BCUT2D eigenvalue weighted by Crippen LogP contribution is 2.70. The van der Waals surface area contributed by atoms with Gasteiger partial charge in [-0.3, -0.25) is 4.79 Å². The predicted molar refractivity (Wildman–Crippen MR) is 221 cm³/mol. The Bertz CT molecular complexity index is 1450. The van der Waals surface area contributed by atoms with Gasteiger partial charge in [-0.25, -0.2) is 9.69 Å². The second-order valence-corrected chi connectivity index (χ2v) is 30.6. The quantitative estimate of drug-likeness (QED) is 0.210. The largest absolute Gasteiger partial charge is 0.447 e. The summed E-state index contributed by atoms with van der Waals surface area (Å²) in [6.45, 7) is 29.7. The third kappa shape index (κ3) is 7.92. The van der Waals surface area contributed by atoms with Gasteiger partial charge in [-0.2, -0.15) is 0 Å². The molecule has 53 heavy (non-hydrogen) atoms. The molecule has 12 atom stereocenters.